The predicted molar refractivity (Wildman–Crippen MR) is 191 cm³/mol. The standard InChI is InChI=1S/C21H23ClFNO2.C15H10Cl2N2O2.3H2O/c22-18-7-5-17(6-8-18)21(26)11-14-24(15-12-21)13-1-2-20(25)16-3-9-19(23)10-4-16;16-10-6-5-9(12(17)7-10)8-19-13-4-2-1-3-11(13)14(18-19)15(20)21;;;/h3-10,26H,1-2,11-15H2;1-7H,8H2,(H,20,21);3*1H2. The van der Waals surface area contributed by atoms with E-state index in [2.05, 4.69) is 5.10 Å². The zero-order chi connectivity index (χ0) is 33.6. The summed E-state index contributed by atoms with van der Waals surface area (Å²) in [6.07, 6.45) is 2.67. The number of carbonyl (C=O) groups is 2. The van der Waals surface area contributed by atoms with Crippen LogP contribution in [0, 0.1) is 5.82 Å². The molecule has 10 nitrogen and oxygen atoms in total. The van der Waals surface area contributed by atoms with Crippen molar-refractivity contribution in [3.05, 3.63) is 134 Å². The van der Waals surface area contributed by atoms with Crippen LogP contribution in [0.3, 0.4) is 0 Å². The normalized spacial score (nSPS) is 16.5. The summed E-state index contributed by atoms with van der Waals surface area (Å²) in [5, 5.41) is 28.4. The minimum absolute atomic E-state index is 0. The second kappa shape index (κ2) is 18.9. The van der Waals surface area contributed by atoms with Crippen LogP contribution in [-0.2, 0) is 12.1 Å². The number of aromatic nitrogens is 2. The molecule has 14 heteroatoms. The van der Waals surface area contributed by atoms with Gasteiger partial charge in [-0.1, -0.05) is 71.2 Å². The SMILES string of the molecule is O.O.O.O=C(CCC[NH+]1CCC(O)(c2ccc(Cl)cc2)CC1)c1ccc(F)cc1.O=C([O-])c1nn(Cc2ccc(Cl)cc2Cl)c2ccccc12. The second-order valence-corrected chi connectivity index (χ2v) is 12.9. The molecule has 0 unspecified atom stereocenters. The van der Waals surface area contributed by atoms with E-state index >= 15 is 0 Å². The molecule has 2 heterocycles. The van der Waals surface area contributed by atoms with Gasteiger partial charge in [-0.3, -0.25) is 9.48 Å². The molecule has 1 saturated heterocycles. The molecule has 5 aromatic rings. The molecule has 1 aromatic heterocycles. The number of likely N-dealkylation sites (tertiary alicyclic amines) is 1. The van der Waals surface area contributed by atoms with Crippen molar-refractivity contribution in [3.8, 4) is 0 Å². The van der Waals surface area contributed by atoms with Crippen LogP contribution in [0.25, 0.3) is 10.9 Å². The minimum atomic E-state index is -1.30. The summed E-state index contributed by atoms with van der Waals surface area (Å²) in [6.45, 7) is 3.02. The van der Waals surface area contributed by atoms with Crippen LogP contribution in [-0.4, -0.2) is 62.7 Å². The molecule has 1 aliphatic rings. The van der Waals surface area contributed by atoms with Gasteiger partial charge < -0.3 is 36.3 Å². The van der Waals surface area contributed by atoms with E-state index in [0.717, 1.165) is 37.2 Å². The van der Waals surface area contributed by atoms with Crippen molar-refractivity contribution in [2.45, 2.75) is 37.8 Å². The lowest BCUT2D eigenvalue weighted by Crippen LogP contribution is -3.13. The lowest BCUT2D eigenvalue weighted by atomic mass is 9.84. The first-order valence-corrected chi connectivity index (χ1v) is 16.4. The van der Waals surface area contributed by atoms with Crippen LogP contribution in [0.5, 0.6) is 0 Å². The Morgan fingerprint density at radius 1 is 0.880 bits per heavy atom. The number of carbonyl (C=O) groups excluding carboxylic acids is 2. The number of rotatable bonds is 9. The highest BCUT2D eigenvalue weighted by Gasteiger charge is 2.36. The monoisotopic (exact) mass is 749 g/mol. The maximum atomic E-state index is 12.9. The van der Waals surface area contributed by atoms with E-state index in [9.17, 15) is 24.2 Å². The van der Waals surface area contributed by atoms with Gasteiger partial charge in [-0.15, -0.1) is 0 Å². The van der Waals surface area contributed by atoms with Crippen molar-refractivity contribution < 1.29 is 45.5 Å². The Labute approximate surface area is 303 Å². The van der Waals surface area contributed by atoms with Gasteiger partial charge in [-0.25, -0.2) is 4.39 Å². The molecule has 0 radical (unpaired) electrons. The number of halogens is 4. The van der Waals surface area contributed by atoms with Crippen LogP contribution in [0.1, 0.15) is 57.7 Å². The Kier molecular flexibility index (Phi) is 16.0. The van der Waals surface area contributed by atoms with Crippen molar-refractivity contribution in [3.63, 3.8) is 0 Å². The molecular formula is C36H39Cl3FN3O7. The number of quaternary nitrogens is 1. The Morgan fingerprint density at radius 3 is 2.12 bits per heavy atom. The number of piperidine rings is 1. The van der Waals surface area contributed by atoms with Gasteiger partial charge >= 0.3 is 0 Å². The summed E-state index contributed by atoms with van der Waals surface area (Å²) in [5.74, 6) is -1.57. The fourth-order valence-corrected chi connectivity index (χ4v) is 6.40. The molecule has 0 saturated carbocycles. The third kappa shape index (κ3) is 10.5. The van der Waals surface area contributed by atoms with Crippen molar-refractivity contribution >= 4 is 57.5 Å². The lowest BCUT2D eigenvalue weighted by Gasteiger charge is -2.36. The molecule has 6 rings (SSSR count). The smallest absolute Gasteiger partial charge is 0.163 e. The van der Waals surface area contributed by atoms with Gasteiger partial charge in [0.2, 0.25) is 0 Å². The first kappa shape index (κ1) is 42.3. The molecule has 0 bridgehead atoms. The number of hydrogen-bond acceptors (Lipinski definition) is 5. The molecule has 8 N–H and O–H groups in total. The summed E-state index contributed by atoms with van der Waals surface area (Å²) < 4.78 is 14.5. The van der Waals surface area contributed by atoms with Gasteiger partial charge in [0.05, 0.1) is 37.7 Å². The number of carboxylic acid groups (broad SMARTS) is 1. The van der Waals surface area contributed by atoms with Gasteiger partial charge in [-0.05, 0) is 65.7 Å². The Balaban J connectivity index is 0.000000333. The Hall–Kier alpha value is -3.91. The number of Topliss-reactive ketones (excluding diaryl/α,β-unsaturated/α-hetero) is 1. The second-order valence-electron chi connectivity index (χ2n) is 11.6. The van der Waals surface area contributed by atoms with Gasteiger partial charge in [0.1, 0.15) is 17.1 Å². The molecule has 0 atom stereocenters. The summed E-state index contributed by atoms with van der Waals surface area (Å²) >= 11 is 17.9. The topological polar surface area (TPSA) is 194 Å². The van der Waals surface area contributed by atoms with Crippen molar-refractivity contribution in [2.24, 2.45) is 0 Å². The molecule has 1 fully saturated rings. The van der Waals surface area contributed by atoms with Crippen LogP contribution in [0.2, 0.25) is 15.1 Å². The fraction of sp³-hybridized carbons (Fsp3) is 0.250. The molecule has 268 valence electrons. The highest BCUT2D eigenvalue weighted by molar-refractivity contribution is 6.35. The van der Waals surface area contributed by atoms with E-state index in [1.807, 2.05) is 30.3 Å². The number of ketones is 1. The fourth-order valence-electron chi connectivity index (χ4n) is 5.80. The number of aromatic carboxylic acids is 1. The van der Waals surface area contributed by atoms with Crippen LogP contribution >= 0.6 is 34.8 Å². The van der Waals surface area contributed by atoms with E-state index in [4.69, 9.17) is 34.8 Å². The molecular weight excluding hydrogens is 712 g/mol. The number of hydrogen-bond donors (Lipinski definition) is 2. The minimum Gasteiger partial charge on any atom is -0.543 e. The Morgan fingerprint density at radius 2 is 1.50 bits per heavy atom. The largest absolute Gasteiger partial charge is 0.543 e. The number of para-hydroxylation sites is 1. The van der Waals surface area contributed by atoms with E-state index in [0.29, 0.717) is 57.3 Å². The van der Waals surface area contributed by atoms with E-state index in [-0.39, 0.29) is 33.7 Å². The number of aliphatic hydroxyl groups is 1. The summed E-state index contributed by atoms with van der Waals surface area (Å²) in [6, 6.07) is 25.4. The van der Waals surface area contributed by atoms with Crippen molar-refractivity contribution in [1.82, 2.24) is 9.78 Å². The number of fused-ring (bicyclic) bond motifs is 1. The van der Waals surface area contributed by atoms with Crippen molar-refractivity contribution in [2.75, 3.05) is 19.6 Å². The molecule has 1 aliphatic heterocycles. The first-order chi connectivity index (χ1) is 22.5. The lowest BCUT2D eigenvalue weighted by molar-refractivity contribution is -0.908. The average molecular weight is 751 g/mol. The number of carboxylic acids is 1. The first-order valence-electron chi connectivity index (χ1n) is 15.2. The van der Waals surface area contributed by atoms with Gasteiger partial charge in [0, 0.05) is 51.7 Å². The van der Waals surface area contributed by atoms with Gasteiger partial charge in [0.25, 0.3) is 0 Å². The third-order valence-electron chi connectivity index (χ3n) is 8.45. The third-order valence-corrected chi connectivity index (χ3v) is 9.29. The molecule has 0 spiro atoms. The van der Waals surface area contributed by atoms with Crippen molar-refractivity contribution in [1.29, 1.82) is 0 Å². The van der Waals surface area contributed by atoms with Crippen LogP contribution in [0.15, 0.2) is 91.0 Å². The summed E-state index contributed by atoms with van der Waals surface area (Å²) in [5.41, 5.74) is 2.15. The van der Waals surface area contributed by atoms with E-state index in [1.165, 1.54) is 29.2 Å². The number of nitrogens with one attached hydrogen (secondary N) is 1. The van der Waals surface area contributed by atoms with E-state index < -0.39 is 11.6 Å². The number of benzene rings is 4. The highest BCUT2D eigenvalue weighted by Crippen LogP contribution is 2.30. The maximum Gasteiger partial charge on any atom is 0.163 e. The predicted octanol–water partition coefficient (Wildman–Crippen LogP) is 3.29. The Bertz CT molecular complexity index is 1860. The summed E-state index contributed by atoms with van der Waals surface area (Å²) in [7, 11) is 0. The molecule has 0 aliphatic carbocycles. The van der Waals surface area contributed by atoms with Crippen LogP contribution in [0.4, 0.5) is 4.39 Å². The summed E-state index contributed by atoms with van der Waals surface area (Å²) in [4.78, 5) is 24.7. The average Bonchev–Trinajstić information content (AvgIpc) is 3.43. The van der Waals surface area contributed by atoms with Gasteiger partial charge in [0.15, 0.2) is 5.78 Å². The molecule has 0 amide bonds. The number of nitrogens with zero attached hydrogens (tertiary/aromatic N) is 2. The molecule has 4 aromatic carbocycles. The maximum absolute atomic E-state index is 12.9. The quantitative estimate of drug-likeness (QED) is 0.218. The van der Waals surface area contributed by atoms with Gasteiger partial charge in [-0.2, -0.15) is 5.10 Å². The van der Waals surface area contributed by atoms with E-state index in [1.54, 1.807) is 41.1 Å². The zero-order valence-corrected chi connectivity index (χ0v) is 29.2. The van der Waals surface area contributed by atoms with Crippen LogP contribution < -0.4 is 10.0 Å². The molecule has 50 heavy (non-hydrogen) atoms. The highest BCUT2D eigenvalue weighted by atomic mass is 35.5. The zero-order valence-electron chi connectivity index (χ0n) is 26.9.